The van der Waals surface area contributed by atoms with Crippen LogP contribution in [0.15, 0.2) is 12.1 Å². The molecule has 0 aliphatic heterocycles. The van der Waals surface area contributed by atoms with Crippen molar-refractivity contribution in [2.45, 2.75) is 33.2 Å². The van der Waals surface area contributed by atoms with Gasteiger partial charge in [-0.2, -0.15) is 0 Å². The van der Waals surface area contributed by atoms with Gasteiger partial charge in [-0.15, -0.1) is 0 Å². The van der Waals surface area contributed by atoms with Gasteiger partial charge < -0.3 is 15.0 Å². The highest BCUT2D eigenvalue weighted by Crippen LogP contribution is 2.17. The third kappa shape index (κ3) is 5.52. The van der Waals surface area contributed by atoms with Gasteiger partial charge in [-0.05, 0) is 32.4 Å². The third-order valence-electron chi connectivity index (χ3n) is 3.02. The zero-order valence-electron chi connectivity index (χ0n) is 13.1. The molecule has 0 unspecified atom stereocenters. The molecule has 0 fully saturated rings. The molecular weight excluding hydrogens is 290 g/mol. The zero-order chi connectivity index (χ0) is 15.8. The molecule has 0 aliphatic rings. The maximum Gasteiger partial charge on any atom is 0.254 e. The minimum atomic E-state index is -0.0640. The fraction of sp³-hybridized carbons (Fsp3) is 0.600. The number of nitrogens with zero attached hydrogens (tertiary/aromatic N) is 2. The van der Waals surface area contributed by atoms with E-state index >= 15 is 0 Å². The van der Waals surface area contributed by atoms with Crippen molar-refractivity contribution in [3.05, 3.63) is 22.8 Å². The Kier molecular flexibility index (Phi) is 7.47. The smallest absolute Gasteiger partial charge is 0.254 e. The number of halogens is 1. The predicted molar refractivity (Wildman–Crippen MR) is 86.1 cm³/mol. The van der Waals surface area contributed by atoms with Gasteiger partial charge in [0.15, 0.2) is 0 Å². The van der Waals surface area contributed by atoms with Crippen molar-refractivity contribution in [3.8, 4) is 0 Å². The molecule has 1 amide bonds. The Morgan fingerprint density at radius 2 is 2.19 bits per heavy atom. The Labute approximate surface area is 131 Å². The maximum absolute atomic E-state index is 12.6. The van der Waals surface area contributed by atoms with Crippen molar-refractivity contribution in [1.29, 1.82) is 0 Å². The fourth-order valence-corrected chi connectivity index (χ4v) is 2.12. The number of aromatic nitrogens is 1. The van der Waals surface area contributed by atoms with Gasteiger partial charge >= 0.3 is 0 Å². The lowest BCUT2D eigenvalue weighted by atomic mass is 10.2. The Hall–Kier alpha value is -1.33. The van der Waals surface area contributed by atoms with Crippen LogP contribution in [-0.2, 0) is 4.74 Å². The van der Waals surface area contributed by atoms with Crippen molar-refractivity contribution in [2.75, 3.05) is 32.1 Å². The van der Waals surface area contributed by atoms with Crippen LogP contribution in [0.3, 0.4) is 0 Å². The normalized spacial score (nSPS) is 10.8. The Morgan fingerprint density at radius 3 is 2.76 bits per heavy atom. The van der Waals surface area contributed by atoms with E-state index < -0.39 is 0 Å². The number of nitrogens with one attached hydrogen (secondary N) is 1. The van der Waals surface area contributed by atoms with Gasteiger partial charge in [0.1, 0.15) is 11.0 Å². The maximum atomic E-state index is 12.6. The molecule has 1 aromatic rings. The molecular formula is C15H24ClN3O2. The first-order chi connectivity index (χ1) is 9.99. The third-order valence-corrected chi connectivity index (χ3v) is 3.21. The highest BCUT2D eigenvalue weighted by molar-refractivity contribution is 6.29. The van der Waals surface area contributed by atoms with Gasteiger partial charge in [0.25, 0.3) is 5.91 Å². The summed E-state index contributed by atoms with van der Waals surface area (Å²) in [6, 6.07) is 3.43. The van der Waals surface area contributed by atoms with Crippen LogP contribution in [0.5, 0.6) is 0 Å². The quantitative estimate of drug-likeness (QED) is 0.749. The van der Waals surface area contributed by atoms with Gasteiger partial charge in [0, 0.05) is 31.8 Å². The molecule has 0 atom stereocenters. The van der Waals surface area contributed by atoms with Crippen molar-refractivity contribution in [1.82, 2.24) is 9.88 Å². The van der Waals surface area contributed by atoms with E-state index in [9.17, 15) is 4.79 Å². The largest absolute Gasteiger partial charge is 0.383 e. The van der Waals surface area contributed by atoms with Gasteiger partial charge in [0.2, 0.25) is 0 Å². The van der Waals surface area contributed by atoms with E-state index in [2.05, 4.69) is 17.2 Å². The summed E-state index contributed by atoms with van der Waals surface area (Å²) in [6.07, 6.45) is 0.976. The summed E-state index contributed by atoms with van der Waals surface area (Å²) >= 11 is 6.02. The number of hydrogen-bond acceptors (Lipinski definition) is 4. The molecule has 21 heavy (non-hydrogen) atoms. The lowest BCUT2D eigenvalue weighted by molar-refractivity contribution is 0.0635. The summed E-state index contributed by atoms with van der Waals surface area (Å²) in [4.78, 5) is 18.6. The minimum absolute atomic E-state index is 0.0640. The number of hydrogen-bond donors (Lipinski definition) is 1. The number of pyridine rings is 1. The van der Waals surface area contributed by atoms with Crippen molar-refractivity contribution in [3.63, 3.8) is 0 Å². The molecule has 1 aromatic heterocycles. The SMILES string of the molecule is CCCNc1cc(C(=O)N(CCOC)C(C)C)cc(Cl)n1. The first-order valence-electron chi connectivity index (χ1n) is 7.21. The van der Waals surface area contributed by atoms with Gasteiger partial charge in [-0.1, -0.05) is 18.5 Å². The molecule has 1 N–H and O–H groups in total. The lowest BCUT2D eigenvalue weighted by Crippen LogP contribution is -2.39. The predicted octanol–water partition coefficient (Wildman–Crippen LogP) is 3.05. The van der Waals surface area contributed by atoms with E-state index in [1.165, 1.54) is 0 Å². The number of methoxy groups -OCH3 is 1. The highest BCUT2D eigenvalue weighted by Gasteiger charge is 2.19. The van der Waals surface area contributed by atoms with Crippen LogP contribution in [0.1, 0.15) is 37.6 Å². The van der Waals surface area contributed by atoms with Crippen LogP contribution >= 0.6 is 11.6 Å². The topological polar surface area (TPSA) is 54.5 Å². The second-order valence-corrected chi connectivity index (χ2v) is 5.46. The molecule has 0 bridgehead atoms. The Bertz CT molecular complexity index is 466. The number of carbonyl (C=O) groups excluding carboxylic acids is 1. The van der Waals surface area contributed by atoms with E-state index in [-0.39, 0.29) is 11.9 Å². The molecule has 5 nitrogen and oxygen atoms in total. The van der Waals surface area contributed by atoms with Gasteiger partial charge in [-0.3, -0.25) is 4.79 Å². The minimum Gasteiger partial charge on any atom is -0.383 e. The van der Waals surface area contributed by atoms with E-state index in [1.54, 1.807) is 24.1 Å². The molecule has 0 saturated carbocycles. The summed E-state index contributed by atoms with van der Waals surface area (Å²) in [5.41, 5.74) is 0.540. The fourth-order valence-electron chi connectivity index (χ4n) is 1.91. The molecule has 118 valence electrons. The molecule has 0 aliphatic carbocycles. The summed E-state index contributed by atoms with van der Waals surface area (Å²) in [6.45, 7) is 7.86. The number of anilines is 1. The average molecular weight is 314 g/mol. The molecule has 1 heterocycles. The summed E-state index contributed by atoms with van der Waals surface area (Å²) in [5.74, 6) is 0.564. The molecule has 0 aromatic carbocycles. The van der Waals surface area contributed by atoms with Crippen molar-refractivity contribution in [2.24, 2.45) is 0 Å². The Morgan fingerprint density at radius 1 is 1.48 bits per heavy atom. The monoisotopic (exact) mass is 313 g/mol. The number of rotatable bonds is 8. The molecule has 1 rings (SSSR count). The van der Waals surface area contributed by atoms with E-state index in [1.807, 2.05) is 13.8 Å². The van der Waals surface area contributed by atoms with Gasteiger partial charge in [-0.25, -0.2) is 4.98 Å². The summed E-state index contributed by atoms with van der Waals surface area (Å²) < 4.78 is 5.06. The molecule has 6 heteroatoms. The molecule has 0 saturated heterocycles. The average Bonchev–Trinajstić information content (AvgIpc) is 2.44. The first kappa shape index (κ1) is 17.7. The van der Waals surface area contributed by atoms with Crippen molar-refractivity contribution >= 4 is 23.3 Å². The van der Waals surface area contributed by atoms with E-state index in [4.69, 9.17) is 16.3 Å². The summed E-state index contributed by atoms with van der Waals surface area (Å²) in [7, 11) is 1.62. The van der Waals surface area contributed by atoms with Crippen LogP contribution in [0.4, 0.5) is 5.82 Å². The second-order valence-electron chi connectivity index (χ2n) is 5.08. The van der Waals surface area contributed by atoms with Crippen molar-refractivity contribution < 1.29 is 9.53 Å². The Balaban J connectivity index is 2.95. The second kappa shape index (κ2) is 8.85. The van der Waals surface area contributed by atoms with Crippen LogP contribution in [-0.4, -0.2) is 48.6 Å². The lowest BCUT2D eigenvalue weighted by Gasteiger charge is -2.26. The molecule has 0 spiro atoms. The van der Waals surface area contributed by atoms with Crippen LogP contribution < -0.4 is 5.32 Å². The van der Waals surface area contributed by atoms with Crippen LogP contribution in [0.2, 0.25) is 5.15 Å². The summed E-state index contributed by atoms with van der Waals surface area (Å²) in [5, 5.41) is 3.47. The number of amides is 1. The zero-order valence-corrected chi connectivity index (χ0v) is 13.9. The van der Waals surface area contributed by atoms with Gasteiger partial charge in [0.05, 0.1) is 6.61 Å². The van der Waals surface area contributed by atoms with E-state index in [0.717, 1.165) is 13.0 Å². The standard InChI is InChI=1S/C15H24ClN3O2/c1-5-6-17-14-10-12(9-13(16)18-14)15(20)19(11(2)3)7-8-21-4/h9-11H,5-8H2,1-4H3,(H,17,18). The van der Waals surface area contributed by atoms with Crippen LogP contribution in [0.25, 0.3) is 0 Å². The first-order valence-corrected chi connectivity index (χ1v) is 7.58. The highest BCUT2D eigenvalue weighted by atomic mass is 35.5. The molecule has 0 radical (unpaired) electrons. The number of carbonyl (C=O) groups is 1. The number of ether oxygens (including phenoxy) is 1. The van der Waals surface area contributed by atoms with Crippen LogP contribution in [0, 0.1) is 0 Å². The van der Waals surface area contributed by atoms with E-state index in [0.29, 0.717) is 29.7 Å².